The van der Waals surface area contributed by atoms with E-state index in [0.717, 1.165) is 12.8 Å². The first-order valence-electron chi connectivity index (χ1n) is 6.95. The van der Waals surface area contributed by atoms with E-state index in [0.29, 0.717) is 13.2 Å². The largest absolute Gasteiger partial charge is 0.480 e. The van der Waals surface area contributed by atoms with Crippen LogP contribution in [0.25, 0.3) is 0 Å². The van der Waals surface area contributed by atoms with Crippen LogP contribution in [-0.2, 0) is 14.3 Å². The Balaban J connectivity index is 2.24. The Hall–Kier alpha value is -1.83. The van der Waals surface area contributed by atoms with Gasteiger partial charge in [0.25, 0.3) is 0 Å². The smallest absolute Gasteiger partial charge is 0.329 e. The van der Waals surface area contributed by atoms with Gasteiger partial charge in [0.1, 0.15) is 5.54 Å². The minimum Gasteiger partial charge on any atom is -0.480 e. The summed E-state index contributed by atoms with van der Waals surface area (Å²) in [6, 6.07) is -0.573. The highest BCUT2D eigenvalue weighted by atomic mass is 16.5. The van der Waals surface area contributed by atoms with Crippen LogP contribution in [0.3, 0.4) is 0 Å². The standard InChI is InChI=1S/C13H23N3O5/c1-13(11(18)19,9-3-4-9)16-12(20)15-6-5-10(17)14-7-8-21-2/h9H,3-8H2,1-2H3,(H,14,17)(H,18,19)(H2,15,16,20). The number of methoxy groups -OCH3 is 1. The van der Waals surface area contributed by atoms with Gasteiger partial charge in [-0.1, -0.05) is 0 Å². The number of carboxylic acid groups (broad SMARTS) is 1. The first-order chi connectivity index (χ1) is 9.90. The molecule has 1 aliphatic carbocycles. The Morgan fingerprint density at radius 2 is 1.90 bits per heavy atom. The number of carbonyl (C=O) groups is 3. The van der Waals surface area contributed by atoms with Gasteiger partial charge in [0.15, 0.2) is 0 Å². The van der Waals surface area contributed by atoms with Gasteiger partial charge in [0, 0.05) is 26.6 Å². The van der Waals surface area contributed by atoms with Gasteiger partial charge >= 0.3 is 12.0 Å². The van der Waals surface area contributed by atoms with Crippen LogP contribution in [0.4, 0.5) is 4.79 Å². The zero-order valence-corrected chi connectivity index (χ0v) is 12.4. The summed E-state index contributed by atoms with van der Waals surface area (Å²) in [5.41, 5.74) is -1.25. The Bertz CT molecular complexity index is 397. The van der Waals surface area contributed by atoms with Crippen LogP contribution in [0.15, 0.2) is 0 Å². The molecule has 8 heteroatoms. The second-order valence-corrected chi connectivity index (χ2v) is 5.26. The summed E-state index contributed by atoms with van der Waals surface area (Å²) < 4.78 is 4.79. The van der Waals surface area contributed by atoms with Crippen LogP contribution in [0.5, 0.6) is 0 Å². The van der Waals surface area contributed by atoms with Crippen LogP contribution in [-0.4, -0.2) is 55.4 Å². The van der Waals surface area contributed by atoms with Crippen molar-refractivity contribution in [1.82, 2.24) is 16.0 Å². The molecule has 1 saturated carbocycles. The van der Waals surface area contributed by atoms with Gasteiger partial charge in [0.05, 0.1) is 6.61 Å². The second kappa shape index (κ2) is 7.82. The number of ether oxygens (including phenoxy) is 1. The van der Waals surface area contributed by atoms with Crippen LogP contribution in [0, 0.1) is 5.92 Å². The third kappa shape index (κ3) is 5.58. The molecule has 4 N–H and O–H groups in total. The van der Waals surface area contributed by atoms with Gasteiger partial charge in [-0.3, -0.25) is 4.79 Å². The van der Waals surface area contributed by atoms with Crippen molar-refractivity contribution in [3.05, 3.63) is 0 Å². The van der Waals surface area contributed by atoms with Gasteiger partial charge in [0.2, 0.25) is 5.91 Å². The first-order valence-corrected chi connectivity index (χ1v) is 6.95. The molecule has 0 bridgehead atoms. The zero-order chi connectivity index (χ0) is 15.9. The lowest BCUT2D eigenvalue weighted by molar-refractivity contribution is -0.144. The molecule has 8 nitrogen and oxygen atoms in total. The van der Waals surface area contributed by atoms with Crippen LogP contribution in [0.1, 0.15) is 26.2 Å². The predicted molar refractivity (Wildman–Crippen MR) is 74.8 cm³/mol. The Morgan fingerprint density at radius 1 is 1.24 bits per heavy atom. The van der Waals surface area contributed by atoms with E-state index in [1.165, 1.54) is 14.0 Å². The predicted octanol–water partition coefficient (Wildman–Crippen LogP) is -0.308. The van der Waals surface area contributed by atoms with Crippen molar-refractivity contribution in [3.63, 3.8) is 0 Å². The normalized spacial score (nSPS) is 16.7. The number of hydrogen-bond donors (Lipinski definition) is 4. The highest BCUT2D eigenvalue weighted by Gasteiger charge is 2.48. The second-order valence-electron chi connectivity index (χ2n) is 5.26. The molecule has 0 saturated heterocycles. The summed E-state index contributed by atoms with van der Waals surface area (Å²) >= 11 is 0. The number of amides is 3. The fourth-order valence-corrected chi connectivity index (χ4v) is 1.94. The first kappa shape index (κ1) is 17.2. The summed E-state index contributed by atoms with van der Waals surface area (Å²) in [5, 5.41) is 16.8. The van der Waals surface area contributed by atoms with E-state index in [2.05, 4.69) is 16.0 Å². The summed E-state index contributed by atoms with van der Waals surface area (Å²) in [4.78, 5) is 34.3. The van der Waals surface area contributed by atoms with E-state index in [4.69, 9.17) is 4.74 Å². The van der Waals surface area contributed by atoms with Crippen molar-refractivity contribution in [3.8, 4) is 0 Å². The maximum Gasteiger partial charge on any atom is 0.329 e. The molecule has 0 aromatic rings. The monoisotopic (exact) mass is 301 g/mol. The number of nitrogens with one attached hydrogen (secondary N) is 3. The fraction of sp³-hybridized carbons (Fsp3) is 0.769. The molecule has 1 aliphatic rings. The van der Waals surface area contributed by atoms with E-state index in [1.807, 2.05) is 0 Å². The molecule has 0 aliphatic heterocycles. The molecule has 1 fully saturated rings. The maximum atomic E-state index is 11.7. The van der Waals surface area contributed by atoms with Crippen LogP contribution in [0.2, 0.25) is 0 Å². The van der Waals surface area contributed by atoms with Crippen molar-refractivity contribution in [2.45, 2.75) is 31.7 Å². The molecule has 21 heavy (non-hydrogen) atoms. The highest BCUT2D eigenvalue weighted by Crippen LogP contribution is 2.39. The molecule has 1 rings (SSSR count). The summed E-state index contributed by atoms with van der Waals surface area (Å²) in [7, 11) is 1.54. The molecule has 0 aromatic heterocycles. The molecule has 0 aromatic carbocycles. The molecule has 0 radical (unpaired) electrons. The topological polar surface area (TPSA) is 117 Å². The zero-order valence-electron chi connectivity index (χ0n) is 12.4. The Labute approximate surface area is 123 Å². The quantitative estimate of drug-likeness (QED) is 0.436. The molecule has 120 valence electrons. The Kier molecular flexibility index (Phi) is 6.41. The number of hydrogen-bond acceptors (Lipinski definition) is 4. The van der Waals surface area contributed by atoms with Crippen LogP contribution >= 0.6 is 0 Å². The molecular weight excluding hydrogens is 278 g/mol. The van der Waals surface area contributed by atoms with E-state index < -0.39 is 17.5 Å². The van der Waals surface area contributed by atoms with E-state index in [9.17, 15) is 19.5 Å². The van der Waals surface area contributed by atoms with Gasteiger partial charge in [-0.15, -0.1) is 0 Å². The number of aliphatic carboxylic acids is 1. The SMILES string of the molecule is COCCNC(=O)CCNC(=O)NC(C)(C(=O)O)C1CC1. The van der Waals surface area contributed by atoms with E-state index in [-0.39, 0.29) is 24.8 Å². The minimum absolute atomic E-state index is 0.0295. The minimum atomic E-state index is -1.25. The number of urea groups is 1. The lowest BCUT2D eigenvalue weighted by Gasteiger charge is -2.26. The molecule has 3 amide bonds. The molecule has 0 spiro atoms. The third-order valence-electron chi connectivity index (χ3n) is 3.48. The van der Waals surface area contributed by atoms with Crippen molar-refractivity contribution in [2.24, 2.45) is 5.92 Å². The van der Waals surface area contributed by atoms with E-state index >= 15 is 0 Å². The van der Waals surface area contributed by atoms with Gasteiger partial charge in [-0.25, -0.2) is 9.59 Å². The van der Waals surface area contributed by atoms with Crippen LogP contribution < -0.4 is 16.0 Å². The van der Waals surface area contributed by atoms with Gasteiger partial charge in [-0.2, -0.15) is 0 Å². The van der Waals surface area contributed by atoms with Crippen molar-refractivity contribution < 1.29 is 24.2 Å². The number of carbonyl (C=O) groups excluding carboxylic acids is 2. The molecule has 1 atom stereocenters. The molecule has 0 heterocycles. The van der Waals surface area contributed by atoms with Gasteiger partial charge < -0.3 is 25.8 Å². The lowest BCUT2D eigenvalue weighted by atomic mass is 9.96. The average molecular weight is 301 g/mol. The maximum absolute atomic E-state index is 11.7. The summed E-state index contributed by atoms with van der Waals surface area (Å²) in [6.07, 6.45) is 1.72. The highest BCUT2D eigenvalue weighted by molar-refractivity contribution is 5.86. The number of rotatable bonds is 9. The summed E-state index contributed by atoms with van der Waals surface area (Å²) in [5.74, 6) is -1.27. The van der Waals surface area contributed by atoms with Crippen molar-refractivity contribution in [2.75, 3.05) is 26.8 Å². The third-order valence-corrected chi connectivity index (χ3v) is 3.48. The average Bonchev–Trinajstić information content (AvgIpc) is 3.23. The van der Waals surface area contributed by atoms with Crippen molar-refractivity contribution >= 4 is 17.9 Å². The Morgan fingerprint density at radius 3 is 2.43 bits per heavy atom. The lowest BCUT2D eigenvalue weighted by Crippen LogP contribution is -2.56. The molecular formula is C13H23N3O5. The fourth-order valence-electron chi connectivity index (χ4n) is 1.94. The summed E-state index contributed by atoms with van der Waals surface area (Å²) in [6.45, 7) is 2.49. The van der Waals surface area contributed by atoms with E-state index in [1.54, 1.807) is 0 Å². The number of carboxylic acids is 1. The molecule has 1 unspecified atom stereocenters. The van der Waals surface area contributed by atoms with Crippen molar-refractivity contribution in [1.29, 1.82) is 0 Å². The van der Waals surface area contributed by atoms with Gasteiger partial charge in [-0.05, 0) is 25.7 Å².